The molecule has 0 spiro atoms. The van der Waals surface area contributed by atoms with Crippen LogP contribution < -0.4 is 5.32 Å². The average molecular weight is 268 g/mol. The van der Waals surface area contributed by atoms with Gasteiger partial charge in [0.25, 0.3) is 0 Å². The Kier molecular flexibility index (Phi) is 3.92. The summed E-state index contributed by atoms with van der Waals surface area (Å²) in [7, 11) is 1.86. The number of hydrogen-bond acceptors (Lipinski definition) is 4. The summed E-state index contributed by atoms with van der Waals surface area (Å²) in [6.07, 6.45) is 5.90. The van der Waals surface area contributed by atoms with Gasteiger partial charge in [-0.1, -0.05) is 24.3 Å². The Morgan fingerprint density at radius 2 is 1.75 bits per heavy atom. The number of nitrogens with one attached hydrogen (secondary N) is 1. The number of aromatic nitrogens is 2. The summed E-state index contributed by atoms with van der Waals surface area (Å²) in [6, 6.07) is 8.77. The first kappa shape index (κ1) is 13.1. The van der Waals surface area contributed by atoms with Crippen LogP contribution in [-0.2, 0) is 19.4 Å². The van der Waals surface area contributed by atoms with Crippen molar-refractivity contribution < 1.29 is 0 Å². The lowest BCUT2D eigenvalue weighted by Gasteiger charge is -2.18. The topological polar surface area (TPSA) is 41.1 Å². The quantitative estimate of drug-likeness (QED) is 0.926. The van der Waals surface area contributed by atoms with Gasteiger partial charge in [0.15, 0.2) is 0 Å². The molecule has 4 nitrogen and oxygen atoms in total. The molecule has 1 aromatic heterocycles. The summed E-state index contributed by atoms with van der Waals surface area (Å²) < 4.78 is 0. The molecule has 1 N–H and O–H groups in total. The predicted molar refractivity (Wildman–Crippen MR) is 80.7 cm³/mol. The van der Waals surface area contributed by atoms with Crippen molar-refractivity contribution in [1.82, 2.24) is 14.9 Å². The monoisotopic (exact) mass is 268 g/mol. The minimum atomic E-state index is 0.817. The molecule has 0 aliphatic carbocycles. The molecular weight excluding hydrogens is 248 g/mol. The smallest absolute Gasteiger partial charge is 0.144 e. The van der Waals surface area contributed by atoms with E-state index in [1.807, 2.05) is 13.2 Å². The second-order valence-corrected chi connectivity index (χ2v) is 5.19. The molecule has 1 aliphatic heterocycles. The molecule has 0 unspecified atom stereocenters. The minimum absolute atomic E-state index is 0.817. The van der Waals surface area contributed by atoms with Crippen LogP contribution in [0.5, 0.6) is 0 Å². The van der Waals surface area contributed by atoms with E-state index in [0.29, 0.717) is 0 Å². The Bertz CT molecular complexity index is 538. The first-order valence-corrected chi connectivity index (χ1v) is 7.13. The Hall–Kier alpha value is -1.94. The van der Waals surface area contributed by atoms with Crippen LogP contribution in [0.25, 0.3) is 0 Å². The lowest BCUT2D eigenvalue weighted by molar-refractivity contribution is 0.275. The molecule has 1 aliphatic rings. The average Bonchev–Trinajstić information content (AvgIpc) is 2.71. The maximum atomic E-state index is 4.46. The fourth-order valence-electron chi connectivity index (χ4n) is 2.67. The lowest BCUT2D eigenvalue weighted by Crippen LogP contribution is -2.26. The van der Waals surface area contributed by atoms with Gasteiger partial charge in [-0.3, -0.25) is 9.88 Å². The summed E-state index contributed by atoms with van der Waals surface area (Å²) in [5.74, 6) is 0.817. The molecule has 0 saturated heterocycles. The van der Waals surface area contributed by atoms with Crippen molar-refractivity contribution in [3.63, 3.8) is 0 Å². The molecule has 2 heterocycles. The van der Waals surface area contributed by atoms with E-state index in [9.17, 15) is 0 Å². The maximum absolute atomic E-state index is 4.46. The molecule has 0 radical (unpaired) electrons. The first-order valence-electron chi connectivity index (χ1n) is 7.13. The summed E-state index contributed by atoms with van der Waals surface area (Å²) >= 11 is 0. The van der Waals surface area contributed by atoms with E-state index in [1.54, 1.807) is 6.20 Å². The van der Waals surface area contributed by atoms with Gasteiger partial charge in [-0.15, -0.1) is 0 Å². The third kappa shape index (κ3) is 2.96. The number of nitrogens with zero attached hydrogens (tertiary/aromatic N) is 3. The van der Waals surface area contributed by atoms with Crippen molar-refractivity contribution in [1.29, 1.82) is 0 Å². The molecule has 104 valence electrons. The van der Waals surface area contributed by atoms with Crippen molar-refractivity contribution in [2.24, 2.45) is 0 Å². The number of anilines is 1. The van der Waals surface area contributed by atoms with Gasteiger partial charge in [0.05, 0.1) is 18.1 Å². The van der Waals surface area contributed by atoms with E-state index in [0.717, 1.165) is 44.0 Å². The third-order valence-electron chi connectivity index (χ3n) is 3.86. The second-order valence-electron chi connectivity index (χ2n) is 5.19. The van der Waals surface area contributed by atoms with E-state index in [1.165, 1.54) is 11.1 Å². The van der Waals surface area contributed by atoms with Gasteiger partial charge in [0.1, 0.15) is 5.82 Å². The van der Waals surface area contributed by atoms with Gasteiger partial charge in [-0.25, -0.2) is 4.98 Å². The normalized spacial score (nSPS) is 15.4. The van der Waals surface area contributed by atoms with Crippen LogP contribution in [-0.4, -0.2) is 35.0 Å². The minimum Gasteiger partial charge on any atom is -0.372 e. The molecule has 2 aromatic rings. The Labute approximate surface area is 119 Å². The number of rotatable bonds is 3. The fourth-order valence-corrected chi connectivity index (χ4v) is 2.67. The van der Waals surface area contributed by atoms with Crippen LogP contribution in [0.3, 0.4) is 0 Å². The van der Waals surface area contributed by atoms with E-state index >= 15 is 0 Å². The third-order valence-corrected chi connectivity index (χ3v) is 3.86. The molecule has 4 heteroatoms. The summed E-state index contributed by atoms with van der Waals surface area (Å²) in [5.41, 5.74) is 4.02. The zero-order valence-corrected chi connectivity index (χ0v) is 11.8. The van der Waals surface area contributed by atoms with Crippen molar-refractivity contribution in [3.8, 4) is 0 Å². The summed E-state index contributed by atoms with van der Waals surface area (Å²) in [4.78, 5) is 11.2. The molecular formula is C16H20N4. The van der Waals surface area contributed by atoms with Gasteiger partial charge in [0, 0.05) is 26.7 Å². The van der Waals surface area contributed by atoms with Crippen LogP contribution in [0.1, 0.15) is 16.8 Å². The molecule has 0 bridgehead atoms. The second kappa shape index (κ2) is 6.01. The van der Waals surface area contributed by atoms with Crippen molar-refractivity contribution >= 4 is 5.82 Å². The summed E-state index contributed by atoms with van der Waals surface area (Å²) in [5, 5.41) is 2.99. The Morgan fingerprint density at radius 1 is 1.05 bits per heavy atom. The number of hydrogen-bond donors (Lipinski definition) is 1. The largest absolute Gasteiger partial charge is 0.372 e. The highest BCUT2D eigenvalue weighted by atomic mass is 15.1. The Morgan fingerprint density at radius 3 is 2.30 bits per heavy atom. The molecule has 0 fully saturated rings. The van der Waals surface area contributed by atoms with E-state index in [2.05, 4.69) is 44.5 Å². The van der Waals surface area contributed by atoms with Gasteiger partial charge < -0.3 is 5.32 Å². The molecule has 0 amide bonds. The molecule has 3 rings (SSSR count). The van der Waals surface area contributed by atoms with Gasteiger partial charge in [-0.2, -0.15) is 0 Å². The van der Waals surface area contributed by atoms with Gasteiger partial charge >= 0.3 is 0 Å². The van der Waals surface area contributed by atoms with Crippen LogP contribution in [0.2, 0.25) is 0 Å². The van der Waals surface area contributed by atoms with E-state index in [-0.39, 0.29) is 0 Å². The highest BCUT2D eigenvalue weighted by molar-refractivity contribution is 5.30. The Balaban J connectivity index is 1.65. The van der Waals surface area contributed by atoms with Crippen LogP contribution in [0, 0.1) is 0 Å². The number of benzene rings is 1. The standard InChI is InChI=1S/C16H20N4/c1-17-16-11-18-15(10-19-16)12-20-8-6-13-4-2-3-5-14(13)7-9-20/h2-5,10-11H,6-9,12H2,1H3,(H,17,19). The zero-order chi connectivity index (χ0) is 13.8. The van der Waals surface area contributed by atoms with Gasteiger partial charge in [0.2, 0.25) is 0 Å². The van der Waals surface area contributed by atoms with E-state index < -0.39 is 0 Å². The maximum Gasteiger partial charge on any atom is 0.144 e. The van der Waals surface area contributed by atoms with Crippen LogP contribution in [0.4, 0.5) is 5.82 Å². The number of fused-ring (bicyclic) bond motifs is 1. The molecule has 20 heavy (non-hydrogen) atoms. The predicted octanol–water partition coefficient (Wildman–Crippen LogP) is 2.12. The van der Waals surface area contributed by atoms with Crippen LogP contribution >= 0.6 is 0 Å². The molecule has 1 aromatic carbocycles. The van der Waals surface area contributed by atoms with Crippen molar-refractivity contribution in [2.75, 3.05) is 25.5 Å². The van der Waals surface area contributed by atoms with Crippen molar-refractivity contribution in [3.05, 3.63) is 53.5 Å². The van der Waals surface area contributed by atoms with Crippen LogP contribution in [0.15, 0.2) is 36.7 Å². The first-order chi connectivity index (χ1) is 9.85. The summed E-state index contributed by atoms with van der Waals surface area (Å²) in [6.45, 7) is 3.06. The molecule has 0 saturated carbocycles. The van der Waals surface area contributed by atoms with Gasteiger partial charge in [-0.05, 0) is 24.0 Å². The highest BCUT2D eigenvalue weighted by Gasteiger charge is 2.14. The SMILES string of the molecule is CNc1cnc(CN2CCc3ccccc3CC2)cn1. The van der Waals surface area contributed by atoms with Crippen molar-refractivity contribution in [2.45, 2.75) is 19.4 Å². The fraction of sp³-hybridized carbons (Fsp3) is 0.375. The van der Waals surface area contributed by atoms with E-state index in [4.69, 9.17) is 0 Å². The zero-order valence-electron chi connectivity index (χ0n) is 11.8. The lowest BCUT2D eigenvalue weighted by atomic mass is 10.0. The molecule has 0 atom stereocenters. The highest BCUT2D eigenvalue weighted by Crippen LogP contribution is 2.16.